The monoisotopic (exact) mass is 416 g/mol. The van der Waals surface area contributed by atoms with Gasteiger partial charge in [0.2, 0.25) is 0 Å². The molecule has 4 rings (SSSR count). The summed E-state index contributed by atoms with van der Waals surface area (Å²) in [4.78, 5) is 16.7. The van der Waals surface area contributed by atoms with Gasteiger partial charge < -0.3 is 9.30 Å². The summed E-state index contributed by atoms with van der Waals surface area (Å²) in [5, 5.41) is 12.8. The number of hydrogen-bond acceptors (Lipinski definition) is 6. The molecule has 0 saturated carbocycles. The number of rotatable bonds is 7. The van der Waals surface area contributed by atoms with E-state index in [1.165, 1.54) is 0 Å². The third-order valence-corrected chi connectivity index (χ3v) is 7.41. The minimum absolute atomic E-state index is 0.195. The maximum atomic E-state index is 12.0. The van der Waals surface area contributed by atoms with Crippen molar-refractivity contribution in [1.82, 2.24) is 29.5 Å². The van der Waals surface area contributed by atoms with E-state index in [1.54, 1.807) is 17.5 Å². The fourth-order valence-corrected chi connectivity index (χ4v) is 4.97. The van der Waals surface area contributed by atoms with Crippen LogP contribution in [0.15, 0.2) is 23.3 Å². The molecule has 0 fully saturated rings. The largest absolute Gasteiger partial charge is 0.360 e. The number of hydrogen-bond donors (Lipinski definition) is 1. The molecular weight excluding hydrogens is 392 g/mol. The van der Waals surface area contributed by atoms with Crippen LogP contribution in [-0.4, -0.2) is 44.2 Å². The molecule has 4 aromatic rings. The smallest absolute Gasteiger partial charge is 0.288 e. The van der Waals surface area contributed by atoms with E-state index in [2.05, 4.69) is 34.9 Å². The fraction of sp³-hybridized carbons (Fsp3) is 0.444. The standard InChI is InChI=1S/C18H24N6O2SSi/c1-23-15-13(10-19-21-18(15)25)16-17(23)20-14(27-16)9-12-5-6-24(22-12)11-26-7-8-28(2,3)4/h5-6,10H,7-9,11H2,1-4H3,(H,21,25). The van der Waals surface area contributed by atoms with Gasteiger partial charge in [-0.15, -0.1) is 11.3 Å². The Kier molecular flexibility index (Phi) is 4.94. The first kappa shape index (κ1) is 19.0. The van der Waals surface area contributed by atoms with Crippen molar-refractivity contribution in [3.8, 4) is 0 Å². The molecule has 1 N–H and O–H groups in total. The van der Waals surface area contributed by atoms with Crippen molar-refractivity contribution in [3.63, 3.8) is 0 Å². The highest BCUT2D eigenvalue weighted by Crippen LogP contribution is 2.31. The van der Waals surface area contributed by atoms with Gasteiger partial charge >= 0.3 is 0 Å². The van der Waals surface area contributed by atoms with Crippen LogP contribution in [0.5, 0.6) is 0 Å². The Balaban J connectivity index is 1.47. The second-order valence-electron chi connectivity index (χ2n) is 8.15. The zero-order valence-corrected chi connectivity index (χ0v) is 18.3. The van der Waals surface area contributed by atoms with E-state index in [1.807, 2.05) is 28.6 Å². The molecule has 0 unspecified atom stereocenters. The number of ether oxygens (including phenoxy) is 1. The number of nitrogens with one attached hydrogen (secondary N) is 1. The second-order valence-corrected chi connectivity index (χ2v) is 14.9. The van der Waals surface area contributed by atoms with Gasteiger partial charge in [0, 0.05) is 39.7 Å². The number of H-pyrrole nitrogens is 1. The molecule has 4 heterocycles. The quantitative estimate of drug-likeness (QED) is 0.369. The van der Waals surface area contributed by atoms with Gasteiger partial charge in [0.25, 0.3) is 5.56 Å². The van der Waals surface area contributed by atoms with Crippen molar-refractivity contribution in [1.29, 1.82) is 0 Å². The highest BCUT2D eigenvalue weighted by Gasteiger charge is 2.17. The molecule has 4 aromatic heterocycles. The summed E-state index contributed by atoms with van der Waals surface area (Å²) in [5.74, 6) is 0. The Morgan fingerprint density at radius 2 is 2.14 bits per heavy atom. The molecule has 0 radical (unpaired) electrons. The van der Waals surface area contributed by atoms with Gasteiger partial charge in [-0.1, -0.05) is 19.6 Å². The average molecular weight is 417 g/mol. The summed E-state index contributed by atoms with van der Waals surface area (Å²) in [6.45, 7) is 8.29. The Hall–Kier alpha value is -2.30. The molecule has 148 valence electrons. The average Bonchev–Trinajstić information content (AvgIpc) is 3.29. The first-order valence-electron chi connectivity index (χ1n) is 9.23. The number of aromatic nitrogens is 6. The van der Waals surface area contributed by atoms with Crippen molar-refractivity contribution in [3.05, 3.63) is 39.5 Å². The number of aryl methyl sites for hydroxylation is 1. The Morgan fingerprint density at radius 1 is 1.32 bits per heavy atom. The highest BCUT2D eigenvalue weighted by molar-refractivity contribution is 7.19. The molecule has 8 nitrogen and oxygen atoms in total. The second kappa shape index (κ2) is 7.26. The van der Waals surface area contributed by atoms with Gasteiger partial charge in [-0.25, -0.2) is 14.8 Å². The van der Waals surface area contributed by atoms with E-state index < -0.39 is 8.07 Å². The molecule has 0 aliphatic carbocycles. The molecular formula is C18H24N6O2SSi. The molecule has 0 aromatic carbocycles. The molecule has 0 aliphatic heterocycles. The van der Waals surface area contributed by atoms with Gasteiger partial charge in [-0.2, -0.15) is 10.2 Å². The van der Waals surface area contributed by atoms with Gasteiger partial charge in [-0.3, -0.25) is 4.79 Å². The Bertz CT molecular complexity index is 1180. The first-order valence-corrected chi connectivity index (χ1v) is 13.8. The van der Waals surface area contributed by atoms with E-state index in [0.29, 0.717) is 18.7 Å². The third-order valence-electron chi connectivity index (χ3n) is 4.63. The molecule has 0 spiro atoms. The van der Waals surface area contributed by atoms with E-state index in [4.69, 9.17) is 9.72 Å². The normalized spacial score (nSPS) is 12.4. The first-order chi connectivity index (χ1) is 13.3. The lowest BCUT2D eigenvalue weighted by molar-refractivity contribution is 0.0783. The summed E-state index contributed by atoms with van der Waals surface area (Å²) in [5.41, 5.74) is 2.17. The third kappa shape index (κ3) is 3.80. The maximum absolute atomic E-state index is 12.0. The predicted molar refractivity (Wildman–Crippen MR) is 114 cm³/mol. The Morgan fingerprint density at radius 3 is 2.93 bits per heavy atom. The summed E-state index contributed by atoms with van der Waals surface area (Å²) < 4.78 is 10.4. The van der Waals surface area contributed by atoms with Crippen LogP contribution in [0, 0.1) is 0 Å². The zero-order chi connectivity index (χ0) is 19.9. The fourth-order valence-electron chi connectivity index (χ4n) is 3.09. The minimum Gasteiger partial charge on any atom is -0.360 e. The lowest BCUT2D eigenvalue weighted by Crippen LogP contribution is -2.22. The van der Waals surface area contributed by atoms with E-state index >= 15 is 0 Å². The van der Waals surface area contributed by atoms with Crippen LogP contribution in [0.1, 0.15) is 10.7 Å². The molecule has 0 saturated heterocycles. The van der Waals surface area contributed by atoms with Crippen molar-refractivity contribution in [2.24, 2.45) is 7.05 Å². The van der Waals surface area contributed by atoms with Crippen LogP contribution in [0.2, 0.25) is 25.7 Å². The molecule has 0 aliphatic rings. The number of nitrogens with zero attached hydrogens (tertiary/aromatic N) is 5. The number of thiazole rings is 1. The maximum Gasteiger partial charge on any atom is 0.288 e. The molecule has 10 heteroatoms. The van der Waals surface area contributed by atoms with Crippen LogP contribution in [0.4, 0.5) is 0 Å². The van der Waals surface area contributed by atoms with Gasteiger partial charge in [0.15, 0.2) is 5.65 Å². The summed E-state index contributed by atoms with van der Waals surface area (Å²) in [7, 11) is 0.789. The molecule has 0 bridgehead atoms. The van der Waals surface area contributed by atoms with Gasteiger partial charge in [0.1, 0.15) is 17.3 Å². The van der Waals surface area contributed by atoms with Crippen molar-refractivity contribution < 1.29 is 4.74 Å². The van der Waals surface area contributed by atoms with Crippen LogP contribution in [0.25, 0.3) is 21.3 Å². The Labute approximate surface area is 167 Å². The molecule has 28 heavy (non-hydrogen) atoms. The van der Waals surface area contributed by atoms with Crippen molar-refractivity contribution in [2.45, 2.75) is 38.8 Å². The summed E-state index contributed by atoms with van der Waals surface area (Å²) in [6, 6.07) is 3.15. The van der Waals surface area contributed by atoms with Gasteiger partial charge in [0.05, 0.1) is 16.6 Å². The van der Waals surface area contributed by atoms with E-state index in [9.17, 15) is 4.79 Å². The topological polar surface area (TPSA) is 90.6 Å². The highest BCUT2D eigenvalue weighted by atomic mass is 32.1. The van der Waals surface area contributed by atoms with Crippen LogP contribution in [-0.2, 0) is 24.9 Å². The van der Waals surface area contributed by atoms with Crippen molar-refractivity contribution in [2.75, 3.05) is 6.61 Å². The minimum atomic E-state index is -1.07. The van der Waals surface area contributed by atoms with E-state index in [-0.39, 0.29) is 5.56 Å². The summed E-state index contributed by atoms with van der Waals surface area (Å²) in [6.07, 6.45) is 4.28. The van der Waals surface area contributed by atoms with Gasteiger partial charge in [-0.05, 0) is 12.1 Å². The predicted octanol–water partition coefficient (Wildman–Crippen LogP) is 2.97. The van der Waals surface area contributed by atoms with Crippen LogP contribution < -0.4 is 5.56 Å². The number of fused-ring (bicyclic) bond motifs is 3. The molecule has 0 atom stereocenters. The SMILES string of the molecule is Cn1c2nc(Cc3ccn(COCC[Si](C)(C)C)n3)sc2c2cn[nH]c(=O)c21. The van der Waals surface area contributed by atoms with Crippen LogP contribution >= 0.6 is 11.3 Å². The van der Waals surface area contributed by atoms with Crippen molar-refractivity contribution >= 4 is 40.7 Å². The number of aromatic amines is 1. The lowest BCUT2D eigenvalue weighted by Gasteiger charge is -2.15. The van der Waals surface area contributed by atoms with E-state index in [0.717, 1.165) is 39.1 Å². The molecule has 0 amide bonds. The summed E-state index contributed by atoms with van der Waals surface area (Å²) >= 11 is 1.58. The van der Waals surface area contributed by atoms with Crippen LogP contribution in [0.3, 0.4) is 0 Å². The lowest BCUT2D eigenvalue weighted by atomic mass is 10.3. The zero-order valence-electron chi connectivity index (χ0n) is 16.5.